The third-order valence-corrected chi connectivity index (χ3v) is 2.58. The summed E-state index contributed by atoms with van der Waals surface area (Å²) in [6.45, 7) is 3.09. The molecule has 0 saturated heterocycles. The molecule has 0 saturated carbocycles. The first-order valence-electron chi connectivity index (χ1n) is 5.38. The predicted octanol–water partition coefficient (Wildman–Crippen LogP) is 2.14. The maximum Gasteiger partial charge on any atom is 0.221 e. The highest BCUT2D eigenvalue weighted by Crippen LogP contribution is 2.22. The van der Waals surface area contributed by atoms with Crippen LogP contribution in [-0.4, -0.2) is 24.9 Å². The summed E-state index contributed by atoms with van der Waals surface area (Å²) in [7, 11) is 1.64. The summed E-state index contributed by atoms with van der Waals surface area (Å²) < 4.78 is 5.27. The number of methoxy groups -OCH3 is 1. The summed E-state index contributed by atoms with van der Waals surface area (Å²) in [6.07, 6.45) is 0. The molecule has 94 valence electrons. The topological polar surface area (TPSA) is 50.4 Å². The van der Waals surface area contributed by atoms with Crippen LogP contribution in [0, 0.1) is 0 Å². The van der Waals surface area contributed by atoms with Crippen molar-refractivity contribution >= 4 is 27.5 Å². The Morgan fingerprint density at radius 1 is 1.47 bits per heavy atom. The predicted molar refractivity (Wildman–Crippen MR) is 72.8 cm³/mol. The summed E-state index contributed by atoms with van der Waals surface area (Å²) in [4.78, 5) is 11.0. The summed E-state index contributed by atoms with van der Waals surface area (Å²) >= 11 is 3.35. The van der Waals surface area contributed by atoms with E-state index in [-0.39, 0.29) is 5.91 Å². The summed E-state index contributed by atoms with van der Waals surface area (Å²) in [5.74, 6) is 0.746. The van der Waals surface area contributed by atoms with Gasteiger partial charge in [-0.1, -0.05) is 15.9 Å². The van der Waals surface area contributed by atoms with Gasteiger partial charge in [0.25, 0.3) is 0 Å². The van der Waals surface area contributed by atoms with Gasteiger partial charge in [0, 0.05) is 36.6 Å². The SMILES string of the molecule is COc1ccc(NC(C)=O)cc1CNCCBr. The second-order valence-corrected chi connectivity index (χ2v) is 4.37. The number of halogens is 1. The Hall–Kier alpha value is -1.07. The lowest BCUT2D eigenvalue weighted by Gasteiger charge is -2.11. The highest BCUT2D eigenvalue weighted by atomic mass is 79.9. The zero-order valence-electron chi connectivity index (χ0n) is 10.0. The first-order chi connectivity index (χ1) is 8.17. The van der Waals surface area contributed by atoms with Crippen molar-refractivity contribution in [2.75, 3.05) is 24.3 Å². The van der Waals surface area contributed by atoms with Crippen molar-refractivity contribution in [3.8, 4) is 5.75 Å². The van der Waals surface area contributed by atoms with Gasteiger partial charge in [0.05, 0.1) is 7.11 Å². The third kappa shape index (κ3) is 4.75. The molecule has 0 spiro atoms. The van der Waals surface area contributed by atoms with Crippen molar-refractivity contribution < 1.29 is 9.53 Å². The van der Waals surface area contributed by atoms with Crippen molar-refractivity contribution in [2.45, 2.75) is 13.5 Å². The van der Waals surface area contributed by atoms with Crippen LogP contribution >= 0.6 is 15.9 Å². The van der Waals surface area contributed by atoms with E-state index in [4.69, 9.17) is 4.74 Å². The lowest BCUT2D eigenvalue weighted by atomic mass is 10.1. The minimum Gasteiger partial charge on any atom is -0.496 e. The number of nitrogens with one attached hydrogen (secondary N) is 2. The fraction of sp³-hybridized carbons (Fsp3) is 0.417. The lowest BCUT2D eigenvalue weighted by molar-refractivity contribution is -0.114. The molecule has 1 amide bonds. The Balaban J connectivity index is 2.78. The van der Waals surface area contributed by atoms with E-state index in [1.165, 1.54) is 6.92 Å². The second-order valence-electron chi connectivity index (χ2n) is 3.57. The van der Waals surface area contributed by atoms with Gasteiger partial charge in [0.1, 0.15) is 5.75 Å². The van der Waals surface area contributed by atoms with Crippen molar-refractivity contribution in [3.63, 3.8) is 0 Å². The van der Waals surface area contributed by atoms with Crippen LogP contribution in [0.25, 0.3) is 0 Å². The molecule has 0 aliphatic rings. The largest absolute Gasteiger partial charge is 0.496 e. The van der Waals surface area contributed by atoms with E-state index in [0.29, 0.717) is 6.54 Å². The van der Waals surface area contributed by atoms with E-state index < -0.39 is 0 Å². The number of benzene rings is 1. The smallest absolute Gasteiger partial charge is 0.221 e. The van der Waals surface area contributed by atoms with Gasteiger partial charge in [-0.15, -0.1) is 0 Å². The number of carbonyl (C=O) groups is 1. The summed E-state index contributed by atoms with van der Waals surface area (Å²) in [6, 6.07) is 5.60. The van der Waals surface area contributed by atoms with Gasteiger partial charge in [-0.25, -0.2) is 0 Å². The maximum atomic E-state index is 11.0. The van der Waals surface area contributed by atoms with Crippen LogP contribution < -0.4 is 15.4 Å². The second kappa shape index (κ2) is 7.29. The van der Waals surface area contributed by atoms with E-state index in [2.05, 4.69) is 26.6 Å². The molecule has 0 bridgehead atoms. The van der Waals surface area contributed by atoms with E-state index in [1.807, 2.05) is 18.2 Å². The van der Waals surface area contributed by atoms with Gasteiger partial charge < -0.3 is 15.4 Å². The number of amides is 1. The van der Waals surface area contributed by atoms with Gasteiger partial charge in [-0.3, -0.25) is 4.79 Å². The third-order valence-electron chi connectivity index (χ3n) is 2.19. The Morgan fingerprint density at radius 3 is 2.82 bits per heavy atom. The van der Waals surface area contributed by atoms with Crippen LogP contribution in [0.3, 0.4) is 0 Å². The molecule has 1 aromatic carbocycles. The van der Waals surface area contributed by atoms with Crippen molar-refractivity contribution in [1.29, 1.82) is 0 Å². The number of alkyl halides is 1. The molecule has 2 N–H and O–H groups in total. The number of hydrogen-bond donors (Lipinski definition) is 2. The minimum absolute atomic E-state index is 0.0745. The lowest BCUT2D eigenvalue weighted by Crippen LogP contribution is -2.16. The van der Waals surface area contributed by atoms with Crippen LogP contribution in [-0.2, 0) is 11.3 Å². The highest BCUT2D eigenvalue weighted by molar-refractivity contribution is 9.09. The Kier molecular flexibility index (Phi) is 6.00. The molecule has 0 fully saturated rings. The Morgan fingerprint density at radius 2 is 2.24 bits per heavy atom. The standard InChI is InChI=1S/C12H17BrN2O2/c1-9(16)15-11-3-4-12(17-2)10(7-11)8-14-6-5-13/h3-4,7,14H,5-6,8H2,1-2H3,(H,15,16). The zero-order valence-corrected chi connectivity index (χ0v) is 11.6. The number of rotatable bonds is 6. The average Bonchev–Trinajstić information content (AvgIpc) is 2.29. The van der Waals surface area contributed by atoms with Crippen LogP contribution in [0.2, 0.25) is 0 Å². The van der Waals surface area contributed by atoms with Gasteiger partial charge >= 0.3 is 0 Å². The first kappa shape index (κ1) is 14.0. The molecule has 0 heterocycles. The molecule has 17 heavy (non-hydrogen) atoms. The summed E-state index contributed by atoms with van der Waals surface area (Å²) in [5.41, 5.74) is 1.81. The van der Waals surface area contributed by atoms with Crippen LogP contribution in [0.4, 0.5) is 5.69 Å². The highest BCUT2D eigenvalue weighted by Gasteiger charge is 2.05. The molecule has 1 aromatic rings. The number of carbonyl (C=O) groups excluding carboxylic acids is 1. The van der Waals surface area contributed by atoms with E-state index in [0.717, 1.165) is 28.9 Å². The van der Waals surface area contributed by atoms with Crippen molar-refractivity contribution in [3.05, 3.63) is 23.8 Å². The summed E-state index contributed by atoms with van der Waals surface area (Å²) in [5, 5.41) is 6.93. The fourth-order valence-electron chi connectivity index (χ4n) is 1.49. The molecule has 0 unspecified atom stereocenters. The Labute approximate surface area is 110 Å². The molecule has 0 aliphatic heterocycles. The Bertz CT molecular complexity index is 383. The van der Waals surface area contributed by atoms with E-state index >= 15 is 0 Å². The average molecular weight is 301 g/mol. The molecule has 0 aromatic heterocycles. The molecule has 0 atom stereocenters. The molecule has 0 radical (unpaired) electrons. The van der Waals surface area contributed by atoms with Crippen molar-refractivity contribution in [2.24, 2.45) is 0 Å². The molecule has 5 heteroatoms. The molecular weight excluding hydrogens is 284 g/mol. The van der Waals surface area contributed by atoms with Gasteiger partial charge in [-0.05, 0) is 18.2 Å². The number of hydrogen-bond acceptors (Lipinski definition) is 3. The van der Waals surface area contributed by atoms with Crippen molar-refractivity contribution in [1.82, 2.24) is 5.32 Å². The minimum atomic E-state index is -0.0745. The molecular formula is C12H17BrN2O2. The van der Waals surface area contributed by atoms with Crippen LogP contribution in [0.1, 0.15) is 12.5 Å². The number of anilines is 1. The molecule has 0 aliphatic carbocycles. The number of ether oxygens (including phenoxy) is 1. The van der Waals surface area contributed by atoms with Gasteiger partial charge in [-0.2, -0.15) is 0 Å². The molecule has 1 rings (SSSR count). The first-order valence-corrected chi connectivity index (χ1v) is 6.50. The molecule has 4 nitrogen and oxygen atoms in total. The fourth-order valence-corrected chi connectivity index (χ4v) is 1.77. The van der Waals surface area contributed by atoms with Crippen LogP contribution in [0.5, 0.6) is 5.75 Å². The maximum absolute atomic E-state index is 11.0. The van der Waals surface area contributed by atoms with Crippen LogP contribution in [0.15, 0.2) is 18.2 Å². The van der Waals surface area contributed by atoms with E-state index in [9.17, 15) is 4.79 Å². The monoisotopic (exact) mass is 300 g/mol. The van der Waals surface area contributed by atoms with Gasteiger partial charge in [0.15, 0.2) is 0 Å². The van der Waals surface area contributed by atoms with E-state index in [1.54, 1.807) is 7.11 Å². The normalized spacial score (nSPS) is 10.1. The quantitative estimate of drug-likeness (QED) is 0.625. The zero-order chi connectivity index (χ0) is 12.7. The van der Waals surface area contributed by atoms with Gasteiger partial charge in [0.2, 0.25) is 5.91 Å².